The molecule has 1 aliphatic rings. The number of quaternary nitrogens is 2. The van der Waals surface area contributed by atoms with Crippen LogP contribution in [0, 0.1) is 13.8 Å². The first-order chi connectivity index (χ1) is 12.0. The van der Waals surface area contributed by atoms with Gasteiger partial charge in [0.2, 0.25) is 5.78 Å². The Morgan fingerprint density at radius 2 is 1.84 bits per heavy atom. The van der Waals surface area contributed by atoms with Crippen molar-refractivity contribution in [3.8, 4) is 0 Å². The van der Waals surface area contributed by atoms with Crippen LogP contribution >= 0.6 is 11.3 Å². The van der Waals surface area contributed by atoms with E-state index in [1.165, 1.54) is 9.78 Å². The van der Waals surface area contributed by atoms with Crippen LogP contribution < -0.4 is 9.80 Å². The van der Waals surface area contributed by atoms with E-state index in [-0.39, 0.29) is 11.6 Å². The molecule has 1 fully saturated rings. The molecule has 25 heavy (non-hydrogen) atoms. The molecule has 2 aromatic heterocycles. The lowest BCUT2D eigenvalue weighted by atomic mass is 10.1. The number of H-pyrrole nitrogens is 1. The molecule has 0 amide bonds. The van der Waals surface area contributed by atoms with Gasteiger partial charge >= 0.3 is 0 Å². The van der Waals surface area contributed by atoms with E-state index in [9.17, 15) is 9.59 Å². The van der Waals surface area contributed by atoms with E-state index in [0.29, 0.717) is 17.8 Å². The molecule has 1 aliphatic heterocycles. The Hall–Kier alpha value is -1.76. The molecule has 0 saturated carbocycles. The number of ketones is 2. The van der Waals surface area contributed by atoms with E-state index < -0.39 is 0 Å². The Morgan fingerprint density at radius 3 is 2.40 bits per heavy atom. The third-order valence-corrected chi connectivity index (χ3v) is 6.02. The van der Waals surface area contributed by atoms with Crippen molar-refractivity contribution in [2.24, 2.45) is 0 Å². The number of carbonyl (C=O) groups is 2. The fraction of sp³-hybridized carbons (Fsp3) is 0.474. The van der Waals surface area contributed by atoms with Gasteiger partial charge in [0, 0.05) is 11.3 Å². The van der Waals surface area contributed by atoms with Crippen LogP contribution in [0.5, 0.6) is 0 Å². The number of carbonyl (C=O) groups excluding carboxylic acids is 2. The highest BCUT2D eigenvalue weighted by molar-refractivity contribution is 7.09. The number of rotatable bonds is 6. The average molecular weight is 362 g/mol. The maximum atomic E-state index is 12.7. The lowest BCUT2D eigenvalue weighted by Gasteiger charge is -2.29. The van der Waals surface area contributed by atoms with Gasteiger partial charge in [0.05, 0.1) is 10.6 Å². The van der Waals surface area contributed by atoms with E-state index in [4.69, 9.17) is 0 Å². The van der Waals surface area contributed by atoms with Crippen molar-refractivity contribution in [3.05, 3.63) is 44.9 Å². The predicted octanol–water partition coefficient (Wildman–Crippen LogP) is 0.0619. The molecule has 134 valence electrons. The standard InChI is InChI=1S/C19H25N3O2S/c1-13-18(15(3)23)14(2)20-19(13)17(24)12-22-8-6-21(7-9-22)11-16-5-4-10-25-16/h4-5,10,20H,6-9,11-12H2,1-3H3/p+2. The van der Waals surface area contributed by atoms with E-state index in [1.807, 2.05) is 25.2 Å². The summed E-state index contributed by atoms with van der Waals surface area (Å²) in [7, 11) is 0. The zero-order valence-corrected chi connectivity index (χ0v) is 16.0. The van der Waals surface area contributed by atoms with Gasteiger partial charge in [-0.3, -0.25) is 9.59 Å². The van der Waals surface area contributed by atoms with Crippen molar-refractivity contribution in [1.82, 2.24) is 4.98 Å². The van der Waals surface area contributed by atoms with Crippen LogP contribution in [-0.2, 0) is 6.54 Å². The Kier molecular flexibility index (Phi) is 5.51. The van der Waals surface area contributed by atoms with Gasteiger partial charge in [-0.2, -0.15) is 0 Å². The van der Waals surface area contributed by atoms with Crippen LogP contribution in [0.25, 0.3) is 0 Å². The number of hydrogen-bond donors (Lipinski definition) is 3. The monoisotopic (exact) mass is 361 g/mol. The van der Waals surface area contributed by atoms with Gasteiger partial charge < -0.3 is 14.8 Å². The Morgan fingerprint density at radius 1 is 1.16 bits per heavy atom. The summed E-state index contributed by atoms with van der Waals surface area (Å²) in [4.78, 5) is 31.9. The van der Waals surface area contributed by atoms with E-state index in [2.05, 4.69) is 22.5 Å². The molecule has 5 nitrogen and oxygen atoms in total. The first kappa shape index (κ1) is 18.0. The average Bonchev–Trinajstić information content (AvgIpc) is 3.17. The summed E-state index contributed by atoms with van der Waals surface area (Å²) < 4.78 is 0. The quantitative estimate of drug-likeness (QED) is 0.638. The minimum Gasteiger partial charge on any atom is -0.355 e. The first-order valence-corrected chi connectivity index (χ1v) is 9.76. The molecule has 0 unspecified atom stereocenters. The Bertz CT molecular complexity index is 756. The number of nitrogens with one attached hydrogen (secondary N) is 3. The molecular formula is C19H27N3O2S+2. The van der Waals surface area contributed by atoms with Crippen LogP contribution in [-0.4, -0.2) is 49.3 Å². The van der Waals surface area contributed by atoms with Crippen LogP contribution in [0.2, 0.25) is 0 Å². The summed E-state index contributed by atoms with van der Waals surface area (Å²) in [5.74, 6) is 0.133. The third-order valence-electron chi connectivity index (χ3n) is 5.15. The molecular weight excluding hydrogens is 334 g/mol. The second-order valence-electron chi connectivity index (χ2n) is 7.04. The normalized spacial score (nSPS) is 20.6. The summed E-state index contributed by atoms with van der Waals surface area (Å²) >= 11 is 1.82. The predicted molar refractivity (Wildman–Crippen MR) is 98.9 cm³/mol. The minimum absolute atomic E-state index is 0.0171. The molecule has 1 saturated heterocycles. The molecule has 2 aromatic rings. The highest BCUT2D eigenvalue weighted by Gasteiger charge is 2.27. The number of aryl methyl sites for hydroxylation is 1. The topological polar surface area (TPSA) is 58.8 Å². The van der Waals surface area contributed by atoms with Crippen LogP contribution in [0.4, 0.5) is 0 Å². The van der Waals surface area contributed by atoms with Gasteiger partial charge in [-0.1, -0.05) is 6.07 Å². The Balaban J connectivity index is 1.56. The highest BCUT2D eigenvalue weighted by atomic mass is 32.1. The second kappa shape index (κ2) is 7.64. The van der Waals surface area contributed by atoms with Gasteiger partial charge in [-0.15, -0.1) is 11.3 Å². The molecule has 0 atom stereocenters. The number of hydrogen-bond acceptors (Lipinski definition) is 3. The lowest BCUT2D eigenvalue weighted by Crippen LogP contribution is -3.27. The van der Waals surface area contributed by atoms with Crippen LogP contribution in [0.1, 0.15) is 43.9 Å². The second-order valence-corrected chi connectivity index (χ2v) is 8.07. The van der Waals surface area contributed by atoms with Gasteiger partial charge in [0.15, 0.2) is 5.78 Å². The summed E-state index contributed by atoms with van der Waals surface area (Å²) in [6, 6.07) is 4.30. The van der Waals surface area contributed by atoms with Crippen molar-refractivity contribution in [1.29, 1.82) is 0 Å². The van der Waals surface area contributed by atoms with Crippen molar-refractivity contribution in [3.63, 3.8) is 0 Å². The smallest absolute Gasteiger partial charge is 0.233 e. The van der Waals surface area contributed by atoms with Crippen LogP contribution in [0.15, 0.2) is 17.5 Å². The van der Waals surface area contributed by atoms with E-state index >= 15 is 0 Å². The van der Waals surface area contributed by atoms with Crippen LogP contribution in [0.3, 0.4) is 0 Å². The van der Waals surface area contributed by atoms with E-state index in [1.54, 1.807) is 11.8 Å². The molecule has 3 heterocycles. The SMILES string of the molecule is CC(=O)c1c(C)[nH]c(C(=O)C[NH+]2CC[NH+](Cc3cccs3)CC2)c1C. The van der Waals surface area contributed by atoms with Gasteiger partial charge in [0.1, 0.15) is 39.3 Å². The summed E-state index contributed by atoms with van der Waals surface area (Å²) in [5.41, 5.74) is 2.89. The zero-order chi connectivity index (χ0) is 18.0. The molecule has 6 heteroatoms. The molecule has 0 bridgehead atoms. The van der Waals surface area contributed by atoms with E-state index in [0.717, 1.165) is 44.0 Å². The first-order valence-electron chi connectivity index (χ1n) is 8.88. The molecule has 0 aliphatic carbocycles. The number of aromatic nitrogens is 1. The number of aromatic amines is 1. The molecule has 3 N–H and O–H groups in total. The summed E-state index contributed by atoms with van der Waals surface area (Å²) in [6.07, 6.45) is 0. The fourth-order valence-electron chi connectivity index (χ4n) is 3.84. The molecule has 0 aromatic carbocycles. The molecule has 3 rings (SSSR count). The number of thiophene rings is 1. The van der Waals surface area contributed by atoms with Crippen molar-refractivity contribution < 1.29 is 19.4 Å². The lowest BCUT2D eigenvalue weighted by molar-refractivity contribution is -1.01. The maximum Gasteiger partial charge on any atom is 0.233 e. The molecule has 0 spiro atoms. The summed E-state index contributed by atoms with van der Waals surface area (Å²) in [6.45, 7) is 11.1. The Labute approximate surface area is 152 Å². The van der Waals surface area contributed by atoms with Gasteiger partial charge in [-0.25, -0.2) is 0 Å². The van der Waals surface area contributed by atoms with Gasteiger partial charge in [-0.05, 0) is 37.8 Å². The largest absolute Gasteiger partial charge is 0.355 e. The summed E-state index contributed by atoms with van der Waals surface area (Å²) in [5, 5.41) is 2.13. The molecule has 0 radical (unpaired) electrons. The van der Waals surface area contributed by atoms with Gasteiger partial charge in [0.25, 0.3) is 0 Å². The zero-order valence-electron chi connectivity index (χ0n) is 15.2. The van der Waals surface area contributed by atoms with Crippen molar-refractivity contribution in [2.45, 2.75) is 27.3 Å². The highest BCUT2D eigenvalue weighted by Crippen LogP contribution is 2.18. The van der Waals surface area contributed by atoms with Crippen molar-refractivity contribution in [2.75, 3.05) is 32.7 Å². The maximum absolute atomic E-state index is 12.7. The van der Waals surface area contributed by atoms with Crippen molar-refractivity contribution >= 4 is 22.9 Å². The minimum atomic E-state index is 0.0171. The number of Topliss-reactive ketones (excluding diaryl/α,β-unsaturated/α-hetero) is 2. The number of piperazine rings is 1. The third kappa shape index (κ3) is 4.08. The fourth-order valence-corrected chi connectivity index (χ4v) is 4.62.